The molecule has 0 aliphatic heterocycles. The lowest BCUT2D eigenvalue weighted by Crippen LogP contribution is -1.92. The van der Waals surface area contributed by atoms with Crippen molar-refractivity contribution in [1.29, 1.82) is 0 Å². The molecule has 0 aliphatic rings. The molecule has 5 nitrogen and oxygen atoms in total. The molecule has 0 amide bonds. The maximum Gasteiger partial charge on any atom is 0.298 e. The Kier molecular flexibility index (Phi) is 3.00. The minimum Gasteiger partial charge on any atom is -0.429 e. The van der Waals surface area contributed by atoms with Gasteiger partial charge in [-0.15, -0.1) is 0 Å². The largest absolute Gasteiger partial charge is 0.429 e. The van der Waals surface area contributed by atoms with Crippen LogP contribution in [-0.2, 0) is 4.79 Å². The van der Waals surface area contributed by atoms with Crippen LogP contribution in [0.2, 0.25) is 0 Å². The summed E-state index contributed by atoms with van der Waals surface area (Å²) in [4.78, 5) is 18.8. The van der Waals surface area contributed by atoms with Gasteiger partial charge in [-0.05, 0) is 40.2 Å². The number of nitrogens with zero attached hydrogens (tertiary/aromatic N) is 3. The summed E-state index contributed by atoms with van der Waals surface area (Å²) in [5, 5.41) is 0. The summed E-state index contributed by atoms with van der Waals surface area (Å²) < 4.78 is 7.52. The number of carbonyl (C=O) groups is 1. The fourth-order valence-corrected chi connectivity index (χ4v) is 2.15. The van der Waals surface area contributed by atoms with Gasteiger partial charge in [0.15, 0.2) is 5.65 Å². The van der Waals surface area contributed by atoms with Gasteiger partial charge in [-0.2, -0.15) is 0 Å². The molecule has 6 heteroatoms. The molecule has 3 aromatic rings. The number of aromatic nitrogens is 3. The van der Waals surface area contributed by atoms with E-state index in [0.29, 0.717) is 12.2 Å². The third kappa shape index (κ3) is 2.22. The maximum atomic E-state index is 10.2. The van der Waals surface area contributed by atoms with Crippen molar-refractivity contribution in [3.8, 4) is 17.0 Å². The number of rotatable bonds is 3. The van der Waals surface area contributed by atoms with Crippen molar-refractivity contribution in [3.05, 3.63) is 47.5 Å². The van der Waals surface area contributed by atoms with Crippen LogP contribution in [0.4, 0.5) is 0 Å². The molecule has 94 valence electrons. The van der Waals surface area contributed by atoms with E-state index in [2.05, 4.69) is 25.9 Å². The fraction of sp³-hybridized carbons (Fsp3) is 0. The van der Waals surface area contributed by atoms with Crippen LogP contribution < -0.4 is 4.74 Å². The Bertz CT molecular complexity index is 737. The van der Waals surface area contributed by atoms with Crippen LogP contribution in [0.1, 0.15) is 0 Å². The molecule has 2 aromatic heterocycles. The second-order valence-corrected chi connectivity index (χ2v) is 4.63. The molecule has 0 saturated carbocycles. The summed E-state index contributed by atoms with van der Waals surface area (Å²) in [7, 11) is 0. The Hall–Kier alpha value is -2.21. The summed E-state index contributed by atoms with van der Waals surface area (Å²) in [6.07, 6.45) is 5.32. The highest BCUT2D eigenvalue weighted by Gasteiger charge is 2.05. The van der Waals surface area contributed by atoms with Gasteiger partial charge in [-0.3, -0.25) is 14.2 Å². The van der Waals surface area contributed by atoms with Crippen molar-refractivity contribution >= 4 is 28.0 Å². The molecule has 0 saturated heterocycles. The summed E-state index contributed by atoms with van der Waals surface area (Å²) in [5.41, 5.74) is 2.51. The van der Waals surface area contributed by atoms with Crippen LogP contribution in [0.5, 0.6) is 5.75 Å². The van der Waals surface area contributed by atoms with Crippen LogP contribution in [0, 0.1) is 0 Å². The van der Waals surface area contributed by atoms with Crippen molar-refractivity contribution in [3.63, 3.8) is 0 Å². The third-order valence-corrected chi connectivity index (χ3v) is 3.27. The zero-order valence-corrected chi connectivity index (χ0v) is 11.2. The molecule has 2 heterocycles. The molecule has 0 fully saturated rings. The monoisotopic (exact) mass is 317 g/mol. The van der Waals surface area contributed by atoms with Crippen molar-refractivity contribution in [2.24, 2.45) is 0 Å². The lowest BCUT2D eigenvalue weighted by molar-refractivity contribution is -0.120. The van der Waals surface area contributed by atoms with Crippen LogP contribution in [0.25, 0.3) is 16.9 Å². The molecular weight excluding hydrogens is 310 g/mol. The standard InChI is InChI=1S/C13H8BrN3O2/c14-12-5-16-13-6-15-11(7-17(12)13)9-1-3-10(4-2-9)19-8-18/h1-8H. The first-order valence-corrected chi connectivity index (χ1v) is 6.26. The topological polar surface area (TPSA) is 56.5 Å². The highest BCUT2D eigenvalue weighted by Crippen LogP contribution is 2.22. The second kappa shape index (κ2) is 4.81. The first kappa shape index (κ1) is 11.9. The predicted octanol–water partition coefficient (Wildman–Crippen LogP) is 2.69. The van der Waals surface area contributed by atoms with E-state index in [1.165, 1.54) is 0 Å². The Balaban J connectivity index is 2.02. The van der Waals surface area contributed by atoms with Gasteiger partial charge in [-0.25, -0.2) is 4.98 Å². The van der Waals surface area contributed by atoms with Gasteiger partial charge < -0.3 is 4.74 Å². The smallest absolute Gasteiger partial charge is 0.298 e. The molecule has 1 aromatic carbocycles. The number of fused-ring (bicyclic) bond motifs is 1. The van der Waals surface area contributed by atoms with Crippen LogP contribution in [-0.4, -0.2) is 20.8 Å². The Morgan fingerprint density at radius 1 is 1.16 bits per heavy atom. The molecule has 0 N–H and O–H groups in total. The molecule has 0 spiro atoms. The molecular formula is C13H8BrN3O2. The average Bonchev–Trinajstić information content (AvgIpc) is 2.81. The first-order valence-electron chi connectivity index (χ1n) is 5.47. The van der Waals surface area contributed by atoms with Crippen LogP contribution >= 0.6 is 15.9 Å². The Morgan fingerprint density at radius 2 is 1.95 bits per heavy atom. The van der Waals surface area contributed by atoms with E-state index in [9.17, 15) is 4.79 Å². The van der Waals surface area contributed by atoms with Gasteiger partial charge in [0.1, 0.15) is 10.4 Å². The SMILES string of the molecule is O=COc1ccc(-c2cn3c(Br)cnc3cn2)cc1. The summed E-state index contributed by atoms with van der Waals surface area (Å²) >= 11 is 3.42. The summed E-state index contributed by atoms with van der Waals surface area (Å²) in [6, 6.07) is 7.13. The molecule has 3 rings (SSSR count). The molecule has 19 heavy (non-hydrogen) atoms. The van der Waals surface area contributed by atoms with Gasteiger partial charge in [0, 0.05) is 11.8 Å². The highest BCUT2D eigenvalue weighted by atomic mass is 79.9. The Labute approximate surface area is 117 Å². The second-order valence-electron chi connectivity index (χ2n) is 3.82. The molecule has 0 atom stereocenters. The Morgan fingerprint density at radius 3 is 2.68 bits per heavy atom. The predicted molar refractivity (Wildman–Crippen MR) is 72.8 cm³/mol. The maximum absolute atomic E-state index is 10.2. The minimum atomic E-state index is 0.405. The van der Waals surface area contributed by atoms with Crippen molar-refractivity contribution in [2.45, 2.75) is 0 Å². The van der Waals surface area contributed by atoms with E-state index in [1.807, 2.05) is 22.7 Å². The van der Waals surface area contributed by atoms with Crippen molar-refractivity contribution < 1.29 is 9.53 Å². The molecule has 0 aliphatic carbocycles. The summed E-state index contributed by atoms with van der Waals surface area (Å²) in [5.74, 6) is 0.503. The number of imidazole rings is 1. The van der Waals surface area contributed by atoms with Gasteiger partial charge in [0.25, 0.3) is 6.47 Å². The zero-order chi connectivity index (χ0) is 13.2. The lowest BCUT2D eigenvalue weighted by atomic mass is 10.1. The fourth-order valence-electron chi connectivity index (χ4n) is 1.77. The van der Waals surface area contributed by atoms with Crippen molar-refractivity contribution in [1.82, 2.24) is 14.4 Å². The summed E-state index contributed by atoms with van der Waals surface area (Å²) in [6.45, 7) is 0.405. The number of benzene rings is 1. The van der Waals surface area contributed by atoms with Gasteiger partial charge in [0.2, 0.25) is 0 Å². The lowest BCUT2D eigenvalue weighted by Gasteiger charge is -2.03. The minimum absolute atomic E-state index is 0.405. The van der Waals surface area contributed by atoms with Gasteiger partial charge in [0.05, 0.1) is 18.1 Å². The highest BCUT2D eigenvalue weighted by molar-refractivity contribution is 9.10. The van der Waals surface area contributed by atoms with Crippen molar-refractivity contribution in [2.75, 3.05) is 0 Å². The quantitative estimate of drug-likeness (QED) is 0.697. The number of ether oxygens (including phenoxy) is 1. The van der Waals surface area contributed by atoms with Gasteiger partial charge in [-0.1, -0.05) is 0 Å². The van der Waals surface area contributed by atoms with E-state index >= 15 is 0 Å². The normalized spacial score (nSPS) is 10.6. The van der Waals surface area contributed by atoms with E-state index in [4.69, 9.17) is 4.74 Å². The van der Waals surface area contributed by atoms with Crippen LogP contribution in [0.3, 0.4) is 0 Å². The number of carbonyl (C=O) groups excluding carboxylic acids is 1. The average molecular weight is 318 g/mol. The third-order valence-electron chi connectivity index (χ3n) is 2.69. The van der Waals surface area contributed by atoms with E-state index in [1.54, 1.807) is 24.5 Å². The van der Waals surface area contributed by atoms with Gasteiger partial charge >= 0.3 is 0 Å². The van der Waals surface area contributed by atoms with E-state index in [0.717, 1.165) is 21.5 Å². The number of hydrogen-bond acceptors (Lipinski definition) is 4. The van der Waals surface area contributed by atoms with E-state index in [-0.39, 0.29) is 0 Å². The zero-order valence-electron chi connectivity index (χ0n) is 9.65. The van der Waals surface area contributed by atoms with E-state index < -0.39 is 0 Å². The number of hydrogen-bond donors (Lipinski definition) is 0. The van der Waals surface area contributed by atoms with Crippen LogP contribution in [0.15, 0.2) is 47.5 Å². The number of halogens is 1. The molecule has 0 bridgehead atoms. The first-order chi connectivity index (χ1) is 9.28. The molecule has 0 unspecified atom stereocenters. The molecule has 0 radical (unpaired) electrons.